The highest BCUT2D eigenvalue weighted by Gasteiger charge is 2.11. The van der Waals surface area contributed by atoms with Crippen molar-refractivity contribution in [3.05, 3.63) is 11.6 Å². The molecule has 0 aromatic carbocycles. The van der Waals surface area contributed by atoms with Gasteiger partial charge >= 0.3 is 0 Å². The molecule has 1 heterocycles. The number of H-pyrrole nitrogens is 1. The van der Waals surface area contributed by atoms with Crippen molar-refractivity contribution < 1.29 is 4.79 Å². The van der Waals surface area contributed by atoms with Gasteiger partial charge < -0.3 is 10.2 Å². The van der Waals surface area contributed by atoms with Gasteiger partial charge in [0.05, 0.1) is 0 Å². The van der Waals surface area contributed by atoms with Gasteiger partial charge in [-0.1, -0.05) is 6.92 Å². The summed E-state index contributed by atoms with van der Waals surface area (Å²) in [4.78, 5) is 17.9. The van der Waals surface area contributed by atoms with E-state index < -0.39 is 0 Å². The van der Waals surface area contributed by atoms with Gasteiger partial charge in [0.2, 0.25) is 5.82 Å². The summed E-state index contributed by atoms with van der Waals surface area (Å²) in [5.74, 6) is 0.724. The van der Waals surface area contributed by atoms with E-state index in [9.17, 15) is 4.79 Å². The molecule has 0 fully saturated rings. The number of hydrogen-bond donors (Lipinski definition) is 2. The van der Waals surface area contributed by atoms with Crippen LogP contribution in [0.2, 0.25) is 0 Å². The van der Waals surface area contributed by atoms with Gasteiger partial charge in [-0.25, -0.2) is 4.98 Å². The van der Waals surface area contributed by atoms with Crippen LogP contribution in [0.25, 0.3) is 0 Å². The van der Waals surface area contributed by atoms with Crippen LogP contribution in [0.15, 0.2) is 0 Å². The van der Waals surface area contributed by atoms with Crippen LogP contribution in [0.4, 0.5) is 0 Å². The van der Waals surface area contributed by atoms with Crippen LogP contribution >= 0.6 is 0 Å². The van der Waals surface area contributed by atoms with Crippen molar-refractivity contribution in [1.29, 1.82) is 0 Å². The smallest absolute Gasteiger partial charge is 0.291 e. The van der Waals surface area contributed by atoms with Crippen LogP contribution in [0, 0.1) is 0 Å². The first-order valence-electron chi connectivity index (χ1n) is 5.94. The summed E-state index contributed by atoms with van der Waals surface area (Å²) < 4.78 is 0. The summed E-state index contributed by atoms with van der Waals surface area (Å²) in [6.07, 6.45) is 0.746. The number of aromatic nitrogens is 3. The fraction of sp³-hybridized carbons (Fsp3) is 0.727. The molecule has 0 unspecified atom stereocenters. The van der Waals surface area contributed by atoms with Crippen molar-refractivity contribution in [3.63, 3.8) is 0 Å². The van der Waals surface area contributed by atoms with Gasteiger partial charge in [0, 0.05) is 25.6 Å². The summed E-state index contributed by atoms with van der Waals surface area (Å²) >= 11 is 0. The maximum absolute atomic E-state index is 11.7. The van der Waals surface area contributed by atoms with Crippen molar-refractivity contribution in [3.8, 4) is 0 Å². The number of likely N-dealkylation sites (N-methyl/N-ethyl adjacent to an activating group) is 1. The average molecular weight is 239 g/mol. The SMILES string of the molecule is CCc1nc(C(=O)NCCN(C)C(C)C)n[nH]1. The van der Waals surface area contributed by atoms with Gasteiger partial charge in [-0.15, -0.1) is 5.10 Å². The highest BCUT2D eigenvalue weighted by molar-refractivity contribution is 5.90. The van der Waals surface area contributed by atoms with Crippen LogP contribution in [0.5, 0.6) is 0 Å². The number of amides is 1. The monoisotopic (exact) mass is 239 g/mol. The lowest BCUT2D eigenvalue weighted by Crippen LogP contribution is -2.36. The normalized spacial score (nSPS) is 11.2. The molecule has 1 aromatic heterocycles. The van der Waals surface area contributed by atoms with Crippen molar-refractivity contribution in [2.24, 2.45) is 0 Å². The number of hydrogen-bond acceptors (Lipinski definition) is 4. The molecule has 17 heavy (non-hydrogen) atoms. The second-order valence-electron chi connectivity index (χ2n) is 4.29. The molecule has 1 aromatic rings. The van der Waals surface area contributed by atoms with Gasteiger partial charge in [-0.3, -0.25) is 9.89 Å². The largest absolute Gasteiger partial charge is 0.348 e. The maximum atomic E-state index is 11.7. The second-order valence-corrected chi connectivity index (χ2v) is 4.29. The molecule has 0 saturated heterocycles. The minimum atomic E-state index is -0.224. The van der Waals surface area contributed by atoms with Crippen LogP contribution in [-0.2, 0) is 6.42 Å². The zero-order chi connectivity index (χ0) is 12.8. The topological polar surface area (TPSA) is 73.9 Å². The van der Waals surface area contributed by atoms with Gasteiger partial charge in [0.1, 0.15) is 5.82 Å². The van der Waals surface area contributed by atoms with Gasteiger partial charge in [0.15, 0.2) is 0 Å². The molecule has 0 atom stereocenters. The fourth-order valence-corrected chi connectivity index (χ4v) is 1.24. The summed E-state index contributed by atoms with van der Waals surface area (Å²) in [5, 5.41) is 9.38. The number of rotatable bonds is 6. The van der Waals surface area contributed by atoms with Gasteiger partial charge in [-0.2, -0.15) is 0 Å². The lowest BCUT2D eigenvalue weighted by atomic mass is 10.3. The van der Waals surface area contributed by atoms with Crippen LogP contribution < -0.4 is 5.32 Å². The van der Waals surface area contributed by atoms with E-state index in [-0.39, 0.29) is 11.7 Å². The summed E-state index contributed by atoms with van der Waals surface area (Å²) in [6.45, 7) is 7.60. The van der Waals surface area contributed by atoms with Crippen molar-refractivity contribution in [2.75, 3.05) is 20.1 Å². The van der Waals surface area contributed by atoms with E-state index in [4.69, 9.17) is 0 Å². The number of nitrogens with zero attached hydrogens (tertiary/aromatic N) is 3. The molecule has 0 aliphatic rings. The number of aromatic amines is 1. The molecule has 0 aliphatic carbocycles. The predicted molar refractivity (Wildman–Crippen MR) is 65.9 cm³/mol. The van der Waals surface area contributed by atoms with Crippen LogP contribution in [-0.4, -0.2) is 52.2 Å². The number of aryl methyl sites for hydroxylation is 1. The maximum Gasteiger partial charge on any atom is 0.291 e. The second kappa shape index (κ2) is 6.34. The molecule has 96 valence electrons. The van der Waals surface area contributed by atoms with E-state index in [0.29, 0.717) is 12.6 Å². The van der Waals surface area contributed by atoms with Crippen molar-refractivity contribution in [1.82, 2.24) is 25.4 Å². The molecule has 2 N–H and O–H groups in total. The number of nitrogens with one attached hydrogen (secondary N) is 2. The molecule has 1 rings (SSSR count). The van der Waals surface area contributed by atoms with Crippen molar-refractivity contribution in [2.45, 2.75) is 33.2 Å². The Kier molecular flexibility index (Phi) is 5.09. The zero-order valence-electron chi connectivity index (χ0n) is 10.9. The average Bonchev–Trinajstić information content (AvgIpc) is 2.77. The Labute approximate surface area is 102 Å². The Hall–Kier alpha value is -1.43. The first-order chi connectivity index (χ1) is 8.04. The summed E-state index contributed by atoms with van der Waals surface area (Å²) in [5.41, 5.74) is 0. The molecule has 0 bridgehead atoms. The first kappa shape index (κ1) is 13.6. The molecule has 0 saturated carbocycles. The Balaban J connectivity index is 2.35. The minimum absolute atomic E-state index is 0.217. The Morgan fingerprint density at radius 3 is 2.76 bits per heavy atom. The third-order valence-corrected chi connectivity index (χ3v) is 2.70. The fourth-order valence-electron chi connectivity index (χ4n) is 1.24. The highest BCUT2D eigenvalue weighted by atomic mass is 16.2. The summed E-state index contributed by atoms with van der Waals surface area (Å²) in [7, 11) is 2.03. The van der Waals surface area contributed by atoms with Crippen molar-refractivity contribution >= 4 is 5.91 Å². The number of carbonyl (C=O) groups excluding carboxylic acids is 1. The van der Waals surface area contributed by atoms with Crippen LogP contribution in [0.3, 0.4) is 0 Å². The zero-order valence-corrected chi connectivity index (χ0v) is 10.9. The Morgan fingerprint density at radius 1 is 1.53 bits per heavy atom. The quantitative estimate of drug-likeness (QED) is 0.755. The van der Waals surface area contributed by atoms with E-state index >= 15 is 0 Å². The van der Waals surface area contributed by atoms with E-state index in [0.717, 1.165) is 18.8 Å². The lowest BCUT2D eigenvalue weighted by Gasteiger charge is -2.20. The van der Waals surface area contributed by atoms with E-state index in [1.807, 2.05) is 14.0 Å². The molecule has 0 spiro atoms. The van der Waals surface area contributed by atoms with Crippen LogP contribution in [0.1, 0.15) is 37.2 Å². The summed E-state index contributed by atoms with van der Waals surface area (Å²) in [6, 6.07) is 0.474. The third kappa shape index (κ3) is 4.14. The molecular formula is C11H21N5O. The van der Waals surface area contributed by atoms with Gasteiger partial charge in [-0.05, 0) is 20.9 Å². The molecule has 6 nitrogen and oxygen atoms in total. The Bertz CT molecular complexity index is 360. The molecule has 0 radical (unpaired) electrons. The molecule has 1 amide bonds. The third-order valence-electron chi connectivity index (χ3n) is 2.70. The lowest BCUT2D eigenvalue weighted by molar-refractivity contribution is 0.0938. The number of carbonyl (C=O) groups is 1. The predicted octanol–water partition coefficient (Wildman–Crippen LogP) is 0.437. The Morgan fingerprint density at radius 2 is 2.24 bits per heavy atom. The first-order valence-corrected chi connectivity index (χ1v) is 5.94. The highest BCUT2D eigenvalue weighted by Crippen LogP contribution is 1.94. The van der Waals surface area contributed by atoms with E-state index in [1.54, 1.807) is 0 Å². The van der Waals surface area contributed by atoms with E-state index in [2.05, 4.69) is 39.2 Å². The molecular weight excluding hydrogens is 218 g/mol. The van der Waals surface area contributed by atoms with E-state index in [1.165, 1.54) is 0 Å². The standard InChI is InChI=1S/C11H21N5O/c1-5-9-13-10(15-14-9)11(17)12-6-7-16(4)8(2)3/h8H,5-7H2,1-4H3,(H,12,17)(H,13,14,15). The molecule has 6 heteroatoms. The minimum Gasteiger partial charge on any atom is -0.348 e. The van der Waals surface area contributed by atoms with Gasteiger partial charge in [0.25, 0.3) is 5.91 Å². The molecule has 0 aliphatic heterocycles.